The summed E-state index contributed by atoms with van der Waals surface area (Å²) in [6.07, 6.45) is -0.204. The van der Waals surface area contributed by atoms with E-state index in [1.54, 1.807) is 37.3 Å². The van der Waals surface area contributed by atoms with E-state index in [0.717, 1.165) is 4.57 Å². The number of ether oxygens (including phenoxy) is 1. The fraction of sp³-hybridized carbons (Fsp3) is 0.312. The predicted molar refractivity (Wildman–Crippen MR) is 81.8 cm³/mol. The summed E-state index contributed by atoms with van der Waals surface area (Å²) in [5.41, 5.74) is -1.19. The van der Waals surface area contributed by atoms with Gasteiger partial charge in [0.2, 0.25) is 5.82 Å². The van der Waals surface area contributed by atoms with Crippen molar-refractivity contribution in [2.24, 2.45) is 0 Å². The van der Waals surface area contributed by atoms with E-state index in [0.29, 0.717) is 5.56 Å². The van der Waals surface area contributed by atoms with Crippen molar-refractivity contribution in [3.05, 3.63) is 68.2 Å². The third-order valence-corrected chi connectivity index (χ3v) is 3.27. The molecule has 0 radical (unpaired) electrons. The number of aromatic amines is 1. The number of halogens is 1. The van der Waals surface area contributed by atoms with Gasteiger partial charge in [-0.3, -0.25) is 14.2 Å². The Labute approximate surface area is 131 Å². The number of aryl methyl sites for hydroxylation is 1. The van der Waals surface area contributed by atoms with Gasteiger partial charge in [-0.2, -0.15) is 4.39 Å². The highest BCUT2D eigenvalue weighted by Crippen LogP contribution is 2.03. The number of H-pyrrole nitrogens is 1. The topological polar surface area (TPSA) is 81.2 Å². The molecular weight excluding hydrogens is 303 g/mol. The van der Waals surface area contributed by atoms with Crippen molar-refractivity contribution in [1.29, 1.82) is 0 Å². The van der Waals surface area contributed by atoms with Crippen LogP contribution in [0.3, 0.4) is 0 Å². The molecule has 0 aliphatic rings. The summed E-state index contributed by atoms with van der Waals surface area (Å²) in [6.45, 7) is 1.85. The lowest BCUT2D eigenvalue weighted by molar-refractivity contribution is -0.143. The van der Waals surface area contributed by atoms with E-state index >= 15 is 0 Å². The molecule has 0 aliphatic carbocycles. The van der Waals surface area contributed by atoms with Crippen molar-refractivity contribution < 1.29 is 13.9 Å². The summed E-state index contributed by atoms with van der Waals surface area (Å²) >= 11 is 0. The van der Waals surface area contributed by atoms with Gasteiger partial charge in [0.05, 0.1) is 25.3 Å². The minimum atomic E-state index is -1.05. The SMILES string of the molecule is CCOC(=O)CCc1[nH]c(=O)n(Cc2ccccc2)c(=O)c1F. The molecule has 1 aromatic heterocycles. The summed E-state index contributed by atoms with van der Waals surface area (Å²) < 4.78 is 19.6. The van der Waals surface area contributed by atoms with Crippen LogP contribution in [-0.4, -0.2) is 22.1 Å². The van der Waals surface area contributed by atoms with Crippen molar-refractivity contribution >= 4 is 5.97 Å². The monoisotopic (exact) mass is 320 g/mol. The maximum Gasteiger partial charge on any atom is 0.329 e. The second-order valence-electron chi connectivity index (χ2n) is 4.90. The van der Waals surface area contributed by atoms with Gasteiger partial charge in [-0.15, -0.1) is 0 Å². The van der Waals surface area contributed by atoms with Crippen molar-refractivity contribution in [3.63, 3.8) is 0 Å². The molecule has 0 amide bonds. The molecule has 0 bridgehead atoms. The highest BCUT2D eigenvalue weighted by molar-refractivity contribution is 5.69. The van der Waals surface area contributed by atoms with Crippen LogP contribution in [0.5, 0.6) is 0 Å². The molecule has 6 nitrogen and oxygen atoms in total. The normalized spacial score (nSPS) is 10.5. The molecule has 0 unspecified atom stereocenters. The van der Waals surface area contributed by atoms with Gasteiger partial charge < -0.3 is 9.72 Å². The predicted octanol–water partition coefficient (Wildman–Crippen LogP) is 1.22. The minimum absolute atomic E-state index is 0.0237. The van der Waals surface area contributed by atoms with Gasteiger partial charge >= 0.3 is 11.7 Å². The van der Waals surface area contributed by atoms with Gasteiger partial charge in [-0.05, 0) is 12.5 Å². The lowest BCUT2D eigenvalue weighted by atomic mass is 10.2. The van der Waals surface area contributed by atoms with Gasteiger partial charge in [0.25, 0.3) is 5.56 Å². The van der Waals surface area contributed by atoms with Gasteiger partial charge in [-0.25, -0.2) is 4.79 Å². The molecule has 2 rings (SSSR count). The molecule has 0 saturated carbocycles. The number of nitrogens with zero attached hydrogens (tertiary/aromatic N) is 1. The number of benzene rings is 1. The van der Waals surface area contributed by atoms with Gasteiger partial charge in [0.1, 0.15) is 0 Å². The second-order valence-corrected chi connectivity index (χ2v) is 4.90. The van der Waals surface area contributed by atoms with Crippen LogP contribution in [0.25, 0.3) is 0 Å². The zero-order valence-corrected chi connectivity index (χ0v) is 12.7. The first-order valence-electron chi connectivity index (χ1n) is 7.24. The Hall–Kier alpha value is -2.70. The molecule has 1 N–H and O–H groups in total. The first-order chi connectivity index (χ1) is 11.0. The van der Waals surface area contributed by atoms with Crippen LogP contribution in [0.4, 0.5) is 4.39 Å². The van der Waals surface area contributed by atoms with E-state index in [2.05, 4.69) is 4.98 Å². The van der Waals surface area contributed by atoms with Crippen molar-refractivity contribution in [2.45, 2.75) is 26.3 Å². The maximum atomic E-state index is 14.1. The molecule has 7 heteroatoms. The van der Waals surface area contributed by atoms with Gasteiger partial charge in [0, 0.05) is 6.42 Å². The van der Waals surface area contributed by atoms with Crippen LogP contribution in [-0.2, 0) is 22.5 Å². The Morgan fingerprint density at radius 3 is 2.61 bits per heavy atom. The van der Waals surface area contributed by atoms with Crippen LogP contribution < -0.4 is 11.2 Å². The van der Waals surface area contributed by atoms with Crippen molar-refractivity contribution in [2.75, 3.05) is 6.61 Å². The largest absolute Gasteiger partial charge is 0.466 e. The minimum Gasteiger partial charge on any atom is -0.466 e. The van der Waals surface area contributed by atoms with Crippen LogP contribution in [0.15, 0.2) is 39.9 Å². The molecule has 0 saturated heterocycles. The zero-order chi connectivity index (χ0) is 16.8. The average Bonchev–Trinajstić information content (AvgIpc) is 2.55. The molecule has 0 spiro atoms. The molecule has 0 aliphatic heterocycles. The molecule has 1 aromatic carbocycles. The summed E-state index contributed by atoms with van der Waals surface area (Å²) in [5.74, 6) is -1.56. The van der Waals surface area contributed by atoms with Crippen LogP contribution in [0, 0.1) is 5.82 Å². The van der Waals surface area contributed by atoms with Crippen LogP contribution in [0.1, 0.15) is 24.6 Å². The quantitative estimate of drug-likeness (QED) is 0.812. The zero-order valence-electron chi connectivity index (χ0n) is 12.7. The third-order valence-electron chi connectivity index (χ3n) is 3.27. The molecule has 1 heterocycles. The number of rotatable bonds is 6. The maximum absolute atomic E-state index is 14.1. The standard InChI is InChI=1S/C16H17FN2O4/c1-2-23-13(20)9-8-12-14(17)15(21)19(16(22)18-12)10-11-6-4-3-5-7-11/h3-7H,2,8-10H2,1H3,(H,18,22). The lowest BCUT2D eigenvalue weighted by Crippen LogP contribution is -2.38. The van der Waals surface area contributed by atoms with E-state index in [-0.39, 0.29) is 31.7 Å². The number of carbonyl (C=O) groups excluding carboxylic acids is 1. The van der Waals surface area contributed by atoms with E-state index in [1.165, 1.54) is 0 Å². The Kier molecular flexibility index (Phi) is 5.46. The number of carbonyl (C=O) groups is 1. The van der Waals surface area contributed by atoms with E-state index in [1.807, 2.05) is 0 Å². The van der Waals surface area contributed by atoms with Crippen molar-refractivity contribution in [1.82, 2.24) is 9.55 Å². The molecular formula is C16H17FN2O4. The summed E-state index contributed by atoms with van der Waals surface area (Å²) in [4.78, 5) is 37.7. The highest BCUT2D eigenvalue weighted by Gasteiger charge is 2.15. The van der Waals surface area contributed by atoms with Crippen LogP contribution in [0.2, 0.25) is 0 Å². The van der Waals surface area contributed by atoms with Gasteiger partial charge in [0.15, 0.2) is 0 Å². The second kappa shape index (κ2) is 7.53. The number of nitrogens with one attached hydrogen (secondary N) is 1. The average molecular weight is 320 g/mol. The molecule has 23 heavy (non-hydrogen) atoms. The smallest absolute Gasteiger partial charge is 0.329 e. The highest BCUT2D eigenvalue weighted by atomic mass is 19.1. The fourth-order valence-electron chi connectivity index (χ4n) is 2.13. The van der Waals surface area contributed by atoms with E-state index in [9.17, 15) is 18.8 Å². The Bertz CT molecular complexity index is 796. The lowest BCUT2D eigenvalue weighted by Gasteiger charge is -2.08. The number of hydrogen-bond donors (Lipinski definition) is 1. The number of esters is 1. The third kappa shape index (κ3) is 4.15. The van der Waals surface area contributed by atoms with E-state index < -0.39 is 23.0 Å². The van der Waals surface area contributed by atoms with Crippen LogP contribution >= 0.6 is 0 Å². The Morgan fingerprint density at radius 2 is 1.96 bits per heavy atom. The van der Waals surface area contributed by atoms with Gasteiger partial charge in [-0.1, -0.05) is 30.3 Å². The molecule has 2 aromatic rings. The first-order valence-corrected chi connectivity index (χ1v) is 7.24. The summed E-state index contributed by atoms with van der Waals surface area (Å²) in [5, 5.41) is 0. The fourth-order valence-corrected chi connectivity index (χ4v) is 2.13. The Balaban J connectivity index is 2.24. The first kappa shape index (κ1) is 16.7. The number of aromatic nitrogens is 2. The Morgan fingerprint density at radius 1 is 1.26 bits per heavy atom. The van der Waals surface area contributed by atoms with E-state index in [4.69, 9.17) is 4.74 Å². The molecule has 0 fully saturated rings. The van der Waals surface area contributed by atoms with Crippen molar-refractivity contribution in [3.8, 4) is 0 Å². The summed E-state index contributed by atoms with van der Waals surface area (Å²) in [7, 11) is 0. The summed E-state index contributed by atoms with van der Waals surface area (Å²) in [6, 6.07) is 8.80. The number of hydrogen-bond acceptors (Lipinski definition) is 4. The molecule has 122 valence electrons. The molecule has 0 atom stereocenters.